The number of benzene rings is 2. The maximum absolute atomic E-state index is 13.7. The number of carbonyl (C=O) groups is 3. The number of alkyl halides is 3. The Kier molecular flexibility index (Phi) is 8.13. The number of amides is 3. The van der Waals surface area contributed by atoms with Crippen molar-refractivity contribution in [2.45, 2.75) is 70.3 Å². The van der Waals surface area contributed by atoms with Crippen LogP contribution in [0.3, 0.4) is 0 Å². The van der Waals surface area contributed by atoms with E-state index in [1.165, 1.54) is 17.0 Å². The number of rotatable bonds is 7. The predicted molar refractivity (Wildman–Crippen MR) is 142 cm³/mol. The molecule has 1 aliphatic heterocycles. The van der Waals surface area contributed by atoms with Gasteiger partial charge in [0.05, 0.1) is 17.0 Å². The number of anilines is 1. The fraction of sp³-hybridized carbons (Fsp3) is 0.448. The van der Waals surface area contributed by atoms with Gasteiger partial charge in [-0.2, -0.15) is 13.2 Å². The third kappa shape index (κ3) is 6.15. The standard InChI is InChI=1S/C29H33F3N4O3/c1-18(2)10-15-23(37)35-28(16-6-7-17-28)27(39)34-25-26(38)36(3)22-9-5-4-8-21(22)24(33-25)19-11-13-20(14-12-19)29(30,31)32/h4-5,8-9,11-14,18,25H,6-7,10,15-17H2,1-3H3,(H,34,39)(H,35,37). The summed E-state index contributed by atoms with van der Waals surface area (Å²) in [4.78, 5) is 45.8. The van der Waals surface area contributed by atoms with Crippen LogP contribution in [0, 0.1) is 5.92 Å². The molecule has 7 nitrogen and oxygen atoms in total. The summed E-state index contributed by atoms with van der Waals surface area (Å²) in [6, 6.07) is 11.5. The smallest absolute Gasteiger partial charge is 0.342 e. The van der Waals surface area contributed by atoms with Crippen LogP contribution in [0.4, 0.5) is 18.9 Å². The molecule has 0 spiro atoms. The number of fused-ring (bicyclic) bond motifs is 1. The highest BCUT2D eigenvalue weighted by atomic mass is 19.4. The van der Waals surface area contributed by atoms with Crippen LogP contribution in [-0.4, -0.2) is 42.2 Å². The first-order valence-electron chi connectivity index (χ1n) is 13.2. The Balaban J connectivity index is 1.68. The fourth-order valence-corrected chi connectivity index (χ4v) is 5.06. The molecule has 39 heavy (non-hydrogen) atoms. The Morgan fingerprint density at radius 3 is 2.33 bits per heavy atom. The van der Waals surface area contributed by atoms with Crippen LogP contribution in [0.25, 0.3) is 0 Å². The monoisotopic (exact) mass is 542 g/mol. The molecule has 1 unspecified atom stereocenters. The Bertz CT molecular complexity index is 1270. The molecule has 1 aliphatic carbocycles. The lowest BCUT2D eigenvalue weighted by Gasteiger charge is -2.31. The van der Waals surface area contributed by atoms with Gasteiger partial charge in [0.25, 0.3) is 5.91 Å². The van der Waals surface area contributed by atoms with Crippen molar-refractivity contribution in [2.24, 2.45) is 10.9 Å². The summed E-state index contributed by atoms with van der Waals surface area (Å²) in [6.45, 7) is 4.04. The molecular formula is C29H33F3N4O3. The van der Waals surface area contributed by atoms with Crippen molar-refractivity contribution in [1.29, 1.82) is 0 Å². The van der Waals surface area contributed by atoms with E-state index in [-0.39, 0.29) is 11.6 Å². The number of para-hydroxylation sites is 1. The first-order chi connectivity index (χ1) is 18.4. The highest BCUT2D eigenvalue weighted by Gasteiger charge is 2.44. The summed E-state index contributed by atoms with van der Waals surface area (Å²) in [6.07, 6.45) is -2.46. The summed E-state index contributed by atoms with van der Waals surface area (Å²) in [5.74, 6) is -0.877. The number of hydrogen-bond donors (Lipinski definition) is 2. The van der Waals surface area contributed by atoms with Gasteiger partial charge < -0.3 is 15.5 Å². The van der Waals surface area contributed by atoms with Gasteiger partial charge in [-0.05, 0) is 43.4 Å². The number of carbonyl (C=O) groups excluding carboxylic acids is 3. The SMILES string of the molecule is CC(C)CCC(=O)NC1(C(=O)NC2N=C(c3ccc(C(F)(F)F)cc3)c3ccccc3N(C)C2=O)CCCC1. The fourth-order valence-electron chi connectivity index (χ4n) is 5.06. The van der Waals surface area contributed by atoms with Gasteiger partial charge in [0.1, 0.15) is 5.54 Å². The number of hydrogen-bond acceptors (Lipinski definition) is 4. The molecule has 3 amide bonds. The molecule has 4 rings (SSSR count). The number of halogens is 3. The minimum atomic E-state index is -4.50. The largest absolute Gasteiger partial charge is 0.416 e. The molecule has 2 N–H and O–H groups in total. The highest BCUT2D eigenvalue weighted by molar-refractivity contribution is 6.20. The van der Waals surface area contributed by atoms with E-state index in [9.17, 15) is 27.6 Å². The molecule has 2 aromatic carbocycles. The van der Waals surface area contributed by atoms with Gasteiger partial charge in [-0.15, -0.1) is 0 Å². The number of benzodiazepines with no additional fused rings is 1. The second kappa shape index (κ2) is 11.2. The van der Waals surface area contributed by atoms with Crippen molar-refractivity contribution in [3.05, 3.63) is 65.2 Å². The molecule has 1 atom stereocenters. The Morgan fingerprint density at radius 1 is 1.08 bits per heavy atom. The quantitative estimate of drug-likeness (QED) is 0.525. The second-order valence-electron chi connectivity index (χ2n) is 10.6. The molecule has 2 aliphatic rings. The minimum absolute atomic E-state index is 0.216. The zero-order chi connectivity index (χ0) is 28.4. The van der Waals surface area contributed by atoms with Gasteiger partial charge in [0.2, 0.25) is 18.0 Å². The zero-order valence-electron chi connectivity index (χ0n) is 22.3. The van der Waals surface area contributed by atoms with Gasteiger partial charge in [0, 0.05) is 24.6 Å². The molecule has 2 aromatic rings. The van der Waals surface area contributed by atoms with Gasteiger partial charge in [-0.3, -0.25) is 14.4 Å². The first kappa shape index (κ1) is 28.3. The minimum Gasteiger partial charge on any atom is -0.342 e. The van der Waals surface area contributed by atoms with Gasteiger partial charge in [-0.1, -0.05) is 57.0 Å². The van der Waals surface area contributed by atoms with Crippen molar-refractivity contribution in [3.63, 3.8) is 0 Å². The second-order valence-corrected chi connectivity index (χ2v) is 10.6. The van der Waals surface area contributed by atoms with Crippen molar-refractivity contribution < 1.29 is 27.6 Å². The Labute approximate surface area is 225 Å². The first-order valence-corrected chi connectivity index (χ1v) is 13.2. The molecule has 1 saturated carbocycles. The third-order valence-electron chi connectivity index (χ3n) is 7.32. The molecule has 0 saturated heterocycles. The summed E-state index contributed by atoms with van der Waals surface area (Å²) in [5, 5.41) is 5.68. The molecule has 0 aromatic heterocycles. The summed E-state index contributed by atoms with van der Waals surface area (Å²) < 4.78 is 39.5. The number of likely N-dealkylation sites (N-methyl/N-ethyl adjacent to an activating group) is 1. The van der Waals surface area contributed by atoms with Crippen LogP contribution >= 0.6 is 0 Å². The van der Waals surface area contributed by atoms with Crippen LogP contribution < -0.4 is 15.5 Å². The van der Waals surface area contributed by atoms with Crippen LogP contribution in [0.2, 0.25) is 0 Å². The van der Waals surface area contributed by atoms with Crippen LogP contribution in [-0.2, 0) is 20.6 Å². The molecule has 0 radical (unpaired) electrons. The number of nitrogens with zero attached hydrogens (tertiary/aromatic N) is 2. The van der Waals surface area contributed by atoms with Crippen molar-refractivity contribution in [1.82, 2.24) is 10.6 Å². The summed E-state index contributed by atoms with van der Waals surface area (Å²) in [7, 11) is 1.56. The lowest BCUT2D eigenvalue weighted by Crippen LogP contribution is -2.60. The van der Waals surface area contributed by atoms with E-state index in [1.807, 2.05) is 13.8 Å². The van der Waals surface area contributed by atoms with E-state index in [1.54, 1.807) is 31.3 Å². The normalized spacial score (nSPS) is 18.8. The Hall–Kier alpha value is -3.69. The molecule has 1 fully saturated rings. The molecule has 10 heteroatoms. The van der Waals surface area contributed by atoms with E-state index in [2.05, 4.69) is 15.6 Å². The highest BCUT2D eigenvalue weighted by Crippen LogP contribution is 2.33. The predicted octanol–water partition coefficient (Wildman–Crippen LogP) is 4.83. The number of nitrogens with one attached hydrogen (secondary N) is 2. The van der Waals surface area contributed by atoms with Crippen molar-refractivity contribution in [2.75, 3.05) is 11.9 Å². The van der Waals surface area contributed by atoms with E-state index in [0.717, 1.165) is 25.0 Å². The molecular weight excluding hydrogens is 509 g/mol. The van der Waals surface area contributed by atoms with Gasteiger partial charge in [-0.25, -0.2) is 4.99 Å². The van der Waals surface area contributed by atoms with Gasteiger partial charge >= 0.3 is 6.18 Å². The maximum Gasteiger partial charge on any atom is 0.416 e. The van der Waals surface area contributed by atoms with Crippen molar-refractivity contribution in [3.8, 4) is 0 Å². The van der Waals surface area contributed by atoms with E-state index in [0.29, 0.717) is 48.4 Å². The average molecular weight is 543 g/mol. The molecule has 1 heterocycles. The van der Waals surface area contributed by atoms with Crippen molar-refractivity contribution >= 4 is 29.1 Å². The average Bonchev–Trinajstić information content (AvgIpc) is 3.34. The Morgan fingerprint density at radius 2 is 1.72 bits per heavy atom. The third-order valence-corrected chi connectivity index (χ3v) is 7.32. The number of aliphatic imine (C=N–C) groups is 1. The lowest BCUT2D eigenvalue weighted by molar-refractivity contribution is -0.137. The topological polar surface area (TPSA) is 90.9 Å². The maximum atomic E-state index is 13.7. The van der Waals surface area contributed by atoms with Gasteiger partial charge in [0.15, 0.2) is 0 Å². The van der Waals surface area contributed by atoms with Crippen LogP contribution in [0.15, 0.2) is 53.5 Å². The zero-order valence-corrected chi connectivity index (χ0v) is 22.3. The van der Waals surface area contributed by atoms with E-state index in [4.69, 9.17) is 0 Å². The molecule has 208 valence electrons. The van der Waals surface area contributed by atoms with Crippen LogP contribution in [0.5, 0.6) is 0 Å². The van der Waals surface area contributed by atoms with Crippen LogP contribution in [0.1, 0.15) is 69.1 Å². The lowest BCUT2D eigenvalue weighted by atomic mass is 9.95. The molecule has 0 bridgehead atoms. The summed E-state index contributed by atoms with van der Waals surface area (Å²) in [5.41, 5.74) is -0.240. The van der Waals surface area contributed by atoms with E-state index >= 15 is 0 Å². The van der Waals surface area contributed by atoms with E-state index < -0.39 is 35.3 Å². The summed E-state index contributed by atoms with van der Waals surface area (Å²) >= 11 is 0.